The number of sulfone groups is 1. The lowest BCUT2D eigenvalue weighted by atomic mass is 10.1. The molecule has 0 atom stereocenters. The predicted octanol–water partition coefficient (Wildman–Crippen LogP) is 3.15. The van der Waals surface area contributed by atoms with E-state index in [4.69, 9.17) is 0 Å². The maximum Gasteiger partial charge on any atom is 0.333 e. The summed E-state index contributed by atoms with van der Waals surface area (Å²) in [6.07, 6.45) is 2.03. The largest absolute Gasteiger partial charge is 0.388 e. The van der Waals surface area contributed by atoms with Crippen molar-refractivity contribution < 1.29 is 26.0 Å². The van der Waals surface area contributed by atoms with Crippen LogP contribution >= 0.6 is 11.3 Å². The number of halogens is 1. The number of benzene rings is 2. The maximum absolute atomic E-state index is 15.1. The molecular weight excluding hydrogens is 531 g/mol. The minimum Gasteiger partial charge on any atom is -0.388 e. The van der Waals surface area contributed by atoms with Crippen molar-refractivity contribution in [1.82, 2.24) is 9.29 Å². The number of hydrogen-bond acceptors (Lipinski definition) is 8. The fourth-order valence-corrected chi connectivity index (χ4v) is 6.23. The SMILES string of the molecule is CNc1ccc2c(=O)n(-c3ccc(NC(=O)NS(=O)(=O)c4cccs4)cc3F)cc(S(C)(=O)=O)c2c1. The first kappa shape index (κ1) is 25.3. The summed E-state index contributed by atoms with van der Waals surface area (Å²) in [5.41, 5.74) is -0.419. The molecule has 4 rings (SSSR count). The van der Waals surface area contributed by atoms with Crippen molar-refractivity contribution in [3.8, 4) is 5.69 Å². The molecule has 2 heterocycles. The van der Waals surface area contributed by atoms with E-state index in [1.165, 1.54) is 41.8 Å². The summed E-state index contributed by atoms with van der Waals surface area (Å²) in [5.74, 6) is -0.957. The Morgan fingerprint density at radius 3 is 2.33 bits per heavy atom. The Morgan fingerprint density at radius 1 is 1.00 bits per heavy atom. The van der Waals surface area contributed by atoms with Gasteiger partial charge in [-0.15, -0.1) is 11.3 Å². The second-order valence-corrected chi connectivity index (χ2v) is 12.5. The molecule has 0 aliphatic heterocycles. The van der Waals surface area contributed by atoms with Gasteiger partial charge in [-0.1, -0.05) is 6.07 Å². The Labute approximate surface area is 209 Å². The number of nitrogens with one attached hydrogen (secondary N) is 3. The molecular formula is C22H19FN4O6S3. The third-order valence-corrected chi connectivity index (χ3v) is 8.97. The van der Waals surface area contributed by atoms with E-state index in [0.717, 1.165) is 34.4 Å². The topological polar surface area (TPSA) is 143 Å². The van der Waals surface area contributed by atoms with Gasteiger partial charge in [0.1, 0.15) is 10.0 Å². The number of nitrogens with zero attached hydrogens (tertiary/aromatic N) is 1. The van der Waals surface area contributed by atoms with Crippen molar-refractivity contribution in [2.45, 2.75) is 9.10 Å². The Hall–Kier alpha value is -3.75. The highest BCUT2D eigenvalue weighted by molar-refractivity contribution is 7.92. The molecule has 3 N–H and O–H groups in total. The standard InChI is InChI=1S/C22H19FN4O6S3/c1-24-13-5-7-15-16(10-13)19(35(2,30)31)12-27(21(15)28)18-8-6-14(11-17(18)23)25-22(29)26-36(32,33)20-4-3-9-34-20/h3-12,24H,1-2H3,(H2,25,26,29). The molecule has 36 heavy (non-hydrogen) atoms. The number of carbonyl (C=O) groups is 1. The van der Waals surface area contributed by atoms with Gasteiger partial charge in [-0.3, -0.25) is 9.36 Å². The molecule has 0 fully saturated rings. The van der Waals surface area contributed by atoms with E-state index in [1.54, 1.807) is 13.1 Å². The fraction of sp³-hybridized carbons (Fsp3) is 0.0909. The molecule has 0 aliphatic rings. The second-order valence-electron chi connectivity index (χ2n) is 7.61. The van der Waals surface area contributed by atoms with Crippen molar-refractivity contribution in [2.75, 3.05) is 23.9 Å². The lowest BCUT2D eigenvalue weighted by Crippen LogP contribution is -2.34. The van der Waals surface area contributed by atoms with Crippen molar-refractivity contribution in [3.63, 3.8) is 0 Å². The number of fused-ring (bicyclic) bond motifs is 1. The van der Waals surface area contributed by atoms with Gasteiger partial charge in [-0.05, 0) is 47.8 Å². The number of amides is 2. The summed E-state index contributed by atoms with van der Waals surface area (Å²) in [5, 5.41) is 6.88. The van der Waals surface area contributed by atoms with E-state index in [1.807, 2.05) is 4.72 Å². The van der Waals surface area contributed by atoms with Crippen LogP contribution in [0.25, 0.3) is 16.5 Å². The Balaban J connectivity index is 1.71. The number of carbonyl (C=O) groups excluding carboxylic acids is 1. The van der Waals surface area contributed by atoms with Crippen molar-refractivity contribution in [1.29, 1.82) is 0 Å². The monoisotopic (exact) mass is 550 g/mol. The highest BCUT2D eigenvalue weighted by Gasteiger charge is 2.21. The highest BCUT2D eigenvalue weighted by atomic mass is 32.2. The molecule has 0 radical (unpaired) electrons. The van der Waals surface area contributed by atoms with Crippen LogP contribution < -0.4 is 20.9 Å². The highest BCUT2D eigenvalue weighted by Crippen LogP contribution is 2.26. The van der Waals surface area contributed by atoms with Crippen LogP contribution in [0.3, 0.4) is 0 Å². The van der Waals surface area contributed by atoms with Gasteiger partial charge >= 0.3 is 6.03 Å². The lowest BCUT2D eigenvalue weighted by molar-refractivity contribution is 0.256. The molecule has 10 nitrogen and oxygen atoms in total. The van der Waals surface area contributed by atoms with Crippen LogP contribution in [0, 0.1) is 5.82 Å². The number of aromatic nitrogens is 1. The molecule has 2 amide bonds. The van der Waals surface area contributed by atoms with Crippen molar-refractivity contribution >= 4 is 59.4 Å². The van der Waals surface area contributed by atoms with Crippen LogP contribution in [0.15, 0.2) is 74.0 Å². The molecule has 0 bridgehead atoms. The van der Waals surface area contributed by atoms with Gasteiger partial charge in [-0.2, -0.15) is 0 Å². The van der Waals surface area contributed by atoms with Crippen molar-refractivity contribution in [3.05, 3.63) is 76.3 Å². The van der Waals surface area contributed by atoms with Crippen LogP contribution in [0.1, 0.15) is 0 Å². The molecule has 0 spiro atoms. The van der Waals surface area contributed by atoms with E-state index in [2.05, 4.69) is 10.6 Å². The molecule has 2 aromatic heterocycles. The predicted molar refractivity (Wildman–Crippen MR) is 136 cm³/mol. The molecule has 0 saturated carbocycles. The first-order chi connectivity index (χ1) is 16.9. The minimum absolute atomic E-state index is 0.0664. The number of thiophene rings is 1. The smallest absolute Gasteiger partial charge is 0.333 e. The number of hydrogen-bond donors (Lipinski definition) is 3. The van der Waals surface area contributed by atoms with Gasteiger partial charge in [0.15, 0.2) is 9.84 Å². The lowest BCUT2D eigenvalue weighted by Gasteiger charge is -2.14. The van der Waals surface area contributed by atoms with E-state index in [0.29, 0.717) is 5.69 Å². The van der Waals surface area contributed by atoms with Gasteiger partial charge in [0.05, 0.1) is 10.6 Å². The second kappa shape index (κ2) is 9.37. The molecule has 0 aliphatic carbocycles. The van der Waals surface area contributed by atoms with Crippen molar-refractivity contribution in [2.24, 2.45) is 0 Å². The average molecular weight is 551 g/mol. The molecule has 0 unspecified atom stereocenters. The van der Waals surface area contributed by atoms with Gasteiger partial charge in [0.2, 0.25) is 0 Å². The number of pyridine rings is 1. The van der Waals surface area contributed by atoms with Crippen LogP contribution in [0.5, 0.6) is 0 Å². The number of rotatable bonds is 6. The van der Waals surface area contributed by atoms with E-state index in [-0.39, 0.29) is 31.3 Å². The van der Waals surface area contributed by atoms with Crippen LogP contribution in [-0.4, -0.2) is 40.7 Å². The molecule has 0 saturated heterocycles. The summed E-state index contributed by atoms with van der Waals surface area (Å²) in [4.78, 5) is 25.1. The van der Waals surface area contributed by atoms with Gasteiger partial charge < -0.3 is 10.6 Å². The third kappa shape index (κ3) is 4.96. The Morgan fingerprint density at radius 2 is 1.72 bits per heavy atom. The maximum atomic E-state index is 15.1. The summed E-state index contributed by atoms with van der Waals surface area (Å²) >= 11 is 0.918. The zero-order chi connectivity index (χ0) is 26.3. The first-order valence-electron chi connectivity index (χ1n) is 10.1. The van der Waals surface area contributed by atoms with Crippen LogP contribution in [-0.2, 0) is 19.9 Å². The molecule has 2 aromatic carbocycles. The summed E-state index contributed by atoms with van der Waals surface area (Å²) in [6.45, 7) is 0. The zero-order valence-corrected chi connectivity index (χ0v) is 21.2. The normalized spacial score (nSPS) is 11.9. The van der Waals surface area contributed by atoms with E-state index >= 15 is 4.39 Å². The molecule has 14 heteroatoms. The fourth-order valence-electron chi connectivity index (χ4n) is 3.47. The average Bonchev–Trinajstić information content (AvgIpc) is 3.34. The number of sulfonamides is 1. The summed E-state index contributed by atoms with van der Waals surface area (Å²) < 4.78 is 67.0. The van der Waals surface area contributed by atoms with Crippen LogP contribution in [0.2, 0.25) is 0 Å². The van der Waals surface area contributed by atoms with Gasteiger partial charge in [-0.25, -0.2) is 30.7 Å². The van der Waals surface area contributed by atoms with Gasteiger partial charge in [0, 0.05) is 41.6 Å². The molecule has 188 valence electrons. The Kier molecular flexibility index (Phi) is 6.60. The van der Waals surface area contributed by atoms with E-state index < -0.39 is 37.3 Å². The molecule has 4 aromatic rings. The first-order valence-corrected chi connectivity index (χ1v) is 14.4. The number of anilines is 2. The minimum atomic E-state index is -4.09. The quantitative estimate of drug-likeness (QED) is 0.335. The Bertz CT molecular complexity index is 1770. The van der Waals surface area contributed by atoms with E-state index in [9.17, 15) is 26.4 Å². The zero-order valence-electron chi connectivity index (χ0n) is 18.8. The summed E-state index contributed by atoms with van der Waals surface area (Å²) in [7, 11) is -6.25. The van der Waals surface area contributed by atoms with Gasteiger partial charge in [0.25, 0.3) is 15.6 Å². The summed E-state index contributed by atoms with van der Waals surface area (Å²) in [6, 6.07) is 9.56. The number of urea groups is 1. The van der Waals surface area contributed by atoms with Crippen LogP contribution in [0.4, 0.5) is 20.6 Å². The third-order valence-electron chi connectivity index (χ3n) is 5.12.